The van der Waals surface area contributed by atoms with Crippen LogP contribution in [0.25, 0.3) is 0 Å². The van der Waals surface area contributed by atoms with E-state index in [1.165, 1.54) is 12.1 Å². The van der Waals surface area contributed by atoms with Crippen molar-refractivity contribution < 1.29 is 29.6 Å². The molecular formula is C19H30O6. The van der Waals surface area contributed by atoms with E-state index in [9.17, 15) is 9.90 Å². The van der Waals surface area contributed by atoms with Crippen molar-refractivity contribution in [1.82, 2.24) is 0 Å². The van der Waals surface area contributed by atoms with Gasteiger partial charge in [-0.2, -0.15) is 0 Å². The minimum Gasteiger partial charge on any atom is -0.493 e. The predicted molar refractivity (Wildman–Crippen MR) is 95.5 cm³/mol. The Morgan fingerprint density at radius 2 is 1.16 bits per heavy atom. The molecule has 0 heterocycles. The number of aromatic carboxylic acids is 1. The van der Waals surface area contributed by atoms with Crippen LogP contribution in [0.15, 0.2) is 18.2 Å². The van der Waals surface area contributed by atoms with E-state index in [1.54, 1.807) is 6.07 Å². The quantitative estimate of drug-likeness (QED) is 0.418. The van der Waals surface area contributed by atoms with E-state index in [2.05, 4.69) is 0 Å². The molecule has 1 rings (SSSR count). The van der Waals surface area contributed by atoms with Gasteiger partial charge in [-0.15, -0.1) is 0 Å². The normalized spacial score (nSPS) is 10.6. The lowest BCUT2D eigenvalue weighted by Crippen LogP contribution is -2.04. The highest BCUT2D eigenvalue weighted by molar-refractivity contribution is 5.88. The molecule has 1 aromatic carbocycles. The predicted octanol–water partition coefficient (Wildman–Crippen LogP) is 3.25. The largest absolute Gasteiger partial charge is 0.493 e. The molecule has 0 unspecified atom stereocenters. The summed E-state index contributed by atoms with van der Waals surface area (Å²) in [4.78, 5) is 11.2. The van der Waals surface area contributed by atoms with E-state index in [0.717, 1.165) is 51.4 Å². The van der Waals surface area contributed by atoms with Crippen LogP contribution in [-0.4, -0.2) is 47.7 Å². The van der Waals surface area contributed by atoms with Gasteiger partial charge in [0, 0.05) is 19.3 Å². The molecule has 0 aromatic heterocycles. The van der Waals surface area contributed by atoms with E-state index in [0.29, 0.717) is 24.7 Å². The molecule has 0 aliphatic heterocycles. The summed E-state index contributed by atoms with van der Waals surface area (Å²) in [5.74, 6) is -0.0177. The Balaban J connectivity index is 2.45. The van der Waals surface area contributed by atoms with Gasteiger partial charge < -0.3 is 24.8 Å². The van der Waals surface area contributed by atoms with Gasteiger partial charge in [0.15, 0.2) is 0 Å². The van der Waals surface area contributed by atoms with Crippen LogP contribution in [0.3, 0.4) is 0 Å². The molecule has 6 nitrogen and oxygen atoms in total. The number of benzene rings is 1. The summed E-state index contributed by atoms with van der Waals surface area (Å²) in [6, 6.07) is 4.72. The Morgan fingerprint density at radius 1 is 0.720 bits per heavy atom. The van der Waals surface area contributed by atoms with Crippen LogP contribution >= 0.6 is 0 Å². The van der Waals surface area contributed by atoms with Crippen molar-refractivity contribution in [3.63, 3.8) is 0 Å². The Bertz CT molecular complexity index is 455. The lowest BCUT2D eigenvalue weighted by molar-refractivity contribution is 0.0695. The number of hydrogen-bond donors (Lipinski definition) is 3. The van der Waals surface area contributed by atoms with Crippen LogP contribution in [-0.2, 0) is 0 Å². The van der Waals surface area contributed by atoms with Crippen LogP contribution in [0.1, 0.15) is 61.7 Å². The maximum atomic E-state index is 11.2. The van der Waals surface area contributed by atoms with Crippen LogP contribution < -0.4 is 9.47 Å². The fourth-order valence-corrected chi connectivity index (χ4v) is 2.38. The second kappa shape index (κ2) is 13.5. The van der Waals surface area contributed by atoms with Crippen molar-refractivity contribution in [3.05, 3.63) is 23.8 Å². The van der Waals surface area contributed by atoms with Crippen molar-refractivity contribution in [2.24, 2.45) is 0 Å². The van der Waals surface area contributed by atoms with Gasteiger partial charge in [-0.25, -0.2) is 4.79 Å². The highest BCUT2D eigenvalue weighted by Crippen LogP contribution is 2.24. The first-order valence-electron chi connectivity index (χ1n) is 9.03. The van der Waals surface area contributed by atoms with Crippen LogP contribution in [0, 0.1) is 0 Å². The van der Waals surface area contributed by atoms with Crippen molar-refractivity contribution in [3.8, 4) is 11.5 Å². The first kappa shape index (κ1) is 21.3. The summed E-state index contributed by atoms with van der Waals surface area (Å²) in [6.07, 6.45) is 7.17. The van der Waals surface area contributed by atoms with Crippen molar-refractivity contribution >= 4 is 5.97 Å². The van der Waals surface area contributed by atoms with E-state index >= 15 is 0 Å². The van der Waals surface area contributed by atoms with Gasteiger partial charge in [0.25, 0.3) is 0 Å². The average molecular weight is 354 g/mol. The Morgan fingerprint density at radius 3 is 1.56 bits per heavy atom. The van der Waals surface area contributed by atoms with Gasteiger partial charge in [0.1, 0.15) is 11.5 Å². The van der Waals surface area contributed by atoms with Gasteiger partial charge in [0.2, 0.25) is 0 Å². The third kappa shape index (κ3) is 9.94. The molecule has 0 fully saturated rings. The molecule has 0 spiro atoms. The summed E-state index contributed by atoms with van der Waals surface area (Å²) in [6.45, 7) is 1.44. The second-order valence-electron chi connectivity index (χ2n) is 5.97. The minimum absolute atomic E-state index is 0.146. The summed E-state index contributed by atoms with van der Waals surface area (Å²) in [5.41, 5.74) is 0.146. The van der Waals surface area contributed by atoms with Gasteiger partial charge >= 0.3 is 5.97 Å². The Labute approximate surface area is 149 Å². The Hall–Kier alpha value is -1.79. The number of rotatable bonds is 15. The molecule has 0 saturated heterocycles. The summed E-state index contributed by atoms with van der Waals surface area (Å²) >= 11 is 0. The van der Waals surface area contributed by atoms with Gasteiger partial charge in [0.05, 0.1) is 18.8 Å². The third-order valence-electron chi connectivity index (χ3n) is 3.77. The molecular weight excluding hydrogens is 324 g/mol. The molecule has 1 aromatic rings. The van der Waals surface area contributed by atoms with E-state index in [4.69, 9.17) is 19.7 Å². The monoisotopic (exact) mass is 354 g/mol. The molecule has 0 radical (unpaired) electrons. The number of ether oxygens (including phenoxy) is 2. The number of hydrogen-bond acceptors (Lipinski definition) is 5. The standard InChI is InChI=1S/C19H30O6/c20-9-5-1-3-7-11-24-17-13-16(19(22)23)14-18(15-17)25-12-8-4-2-6-10-21/h13-15,20-21H,1-12H2,(H,22,23). The first-order valence-corrected chi connectivity index (χ1v) is 9.03. The van der Waals surface area contributed by atoms with E-state index in [-0.39, 0.29) is 18.8 Å². The Kier molecular flexibility index (Phi) is 11.5. The highest BCUT2D eigenvalue weighted by atomic mass is 16.5. The van der Waals surface area contributed by atoms with Gasteiger partial charge in [-0.1, -0.05) is 12.8 Å². The van der Waals surface area contributed by atoms with Crippen molar-refractivity contribution in [2.45, 2.75) is 51.4 Å². The van der Waals surface area contributed by atoms with E-state index < -0.39 is 5.97 Å². The zero-order valence-corrected chi connectivity index (χ0v) is 14.8. The first-order chi connectivity index (χ1) is 12.2. The maximum absolute atomic E-state index is 11.2. The zero-order chi connectivity index (χ0) is 18.3. The summed E-state index contributed by atoms with van der Waals surface area (Å²) in [7, 11) is 0. The molecule has 0 amide bonds. The molecule has 3 N–H and O–H groups in total. The lowest BCUT2D eigenvalue weighted by Gasteiger charge is -2.11. The number of unbranched alkanes of at least 4 members (excludes halogenated alkanes) is 6. The maximum Gasteiger partial charge on any atom is 0.335 e. The van der Waals surface area contributed by atoms with Gasteiger partial charge in [-0.05, 0) is 50.7 Å². The van der Waals surface area contributed by atoms with Crippen LogP contribution in [0.4, 0.5) is 0 Å². The number of aliphatic hydroxyl groups is 2. The van der Waals surface area contributed by atoms with Crippen molar-refractivity contribution in [1.29, 1.82) is 0 Å². The zero-order valence-electron chi connectivity index (χ0n) is 14.8. The number of aliphatic hydroxyl groups excluding tert-OH is 2. The molecule has 0 saturated carbocycles. The van der Waals surface area contributed by atoms with Crippen LogP contribution in [0.2, 0.25) is 0 Å². The molecule has 0 bridgehead atoms. The molecule has 25 heavy (non-hydrogen) atoms. The number of carbonyl (C=O) groups is 1. The third-order valence-corrected chi connectivity index (χ3v) is 3.77. The lowest BCUT2D eigenvalue weighted by atomic mass is 10.2. The summed E-state index contributed by atoms with van der Waals surface area (Å²) < 4.78 is 11.3. The molecule has 142 valence electrons. The fourth-order valence-electron chi connectivity index (χ4n) is 2.38. The van der Waals surface area contributed by atoms with E-state index in [1.807, 2.05) is 0 Å². The topological polar surface area (TPSA) is 96.2 Å². The number of carboxylic acid groups (broad SMARTS) is 1. The van der Waals surface area contributed by atoms with Crippen LogP contribution in [0.5, 0.6) is 11.5 Å². The highest BCUT2D eigenvalue weighted by Gasteiger charge is 2.09. The number of carboxylic acids is 1. The SMILES string of the molecule is O=C(O)c1cc(OCCCCCCO)cc(OCCCCCCO)c1. The fraction of sp³-hybridized carbons (Fsp3) is 0.632. The molecule has 0 aliphatic rings. The molecule has 0 atom stereocenters. The average Bonchev–Trinajstić information content (AvgIpc) is 2.61. The van der Waals surface area contributed by atoms with Crippen molar-refractivity contribution in [2.75, 3.05) is 26.4 Å². The molecule has 6 heteroatoms. The minimum atomic E-state index is -1.01. The smallest absolute Gasteiger partial charge is 0.335 e. The summed E-state index contributed by atoms with van der Waals surface area (Å²) in [5, 5.41) is 26.7. The van der Waals surface area contributed by atoms with Gasteiger partial charge in [-0.3, -0.25) is 0 Å². The second-order valence-corrected chi connectivity index (χ2v) is 5.97. The molecule has 0 aliphatic carbocycles.